The summed E-state index contributed by atoms with van der Waals surface area (Å²) in [6, 6.07) is 0. The van der Waals surface area contributed by atoms with E-state index < -0.39 is 13.9 Å². The molecule has 9 heteroatoms. The third kappa shape index (κ3) is 52.4. The van der Waals surface area contributed by atoms with E-state index in [1.807, 2.05) is 0 Å². The van der Waals surface area contributed by atoms with Crippen LogP contribution in [0.3, 0.4) is 0 Å². The normalized spacial score (nSPS) is 14.1. The predicted octanol–water partition coefficient (Wildman–Crippen LogP) is 17.0. The van der Waals surface area contributed by atoms with Gasteiger partial charge in [-0.25, -0.2) is 4.57 Å². The minimum atomic E-state index is -4.29. The van der Waals surface area contributed by atoms with Crippen LogP contribution in [-0.2, 0) is 27.9 Å². The number of phosphoric acid groups is 1. The van der Waals surface area contributed by atoms with Gasteiger partial charge in [0.2, 0.25) is 0 Å². The highest BCUT2D eigenvalue weighted by Crippen LogP contribution is 2.43. The lowest BCUT2D eigenvalue weighted by molar-refractivity contribution is -0.154. The molecule has 0 fully saturated rings. The summed E-state index contributed by atoms with van der Waals surface area (Å²) in [5, 5.41) is 0. The predicted molar refractivity (Wildman–Crippen MR) is 284 cm³/mol. The molecular weight excluding hydrogens is 842 g/mol. The van der Waals surface area contributed by atoms with Crippen LogP contribution in [0.4, 0.5) is 0 Å². The molecule has 0 saturated carbocycles. The van der Waals surface area contributed by atoms with E-state index in [-0.39, 0.29) is 32.3 Å². The van der Waals surface area contributed by atoms with Crippen molar-refractivity contribution < 1.29 is 32.8 Å². The first-order valence-electron chi connectivity index (χ1n) is 26.7. The smallest absolute Gasteiger partial charge is 0.457 e. The van der Waals surface area contributed by atoms with Crippen molar-refractivity contribution in [2.45, 2.75) is 225 Å². The Kier molecular flexibility index (Phi) is 51.3. The van der Waals surface area contributed by atoms with Gasteiger partial charge in [-0.15, -0.1) is 0 Å². The molecular formula is C57H100NO7P. The summed E-state index contributed by atoms with van der Waals surface area (Å²) in [4.78, 5) is 22.6. The molecule has 0 amide bonds. The van der Waals surface area contributed by atoms with Crippen LogP contribution in [0.1, 0.15) is 219 Å². The molecule has 2 unspecified atom stereocenters. The van der Waals surface area contributed by atoms with Crippen molar-refractivity contribution in [3.8, 4) is 0 Å². The van der Waals surface area contributed by atoms with Gasteiger partial charge in [0.25, 0.3) is 0 Å². The first-order valence-corrected chi connectivity index (χ1v) is 28.2. The number of carbonyl (C=O) groups is 1. The first kappa shape index (κ1) is 63.4. The summed E-state index contributed by atoms with van der Waals surface area (Å²) in [7, 11) is -4.29. The lowest BCUT2D eigenvalue weighted by Gasteiger charge is -2.20. The van der Waals surface area contributed by atoms with Crippen molar-refractivity contribution >= 4 is 13.8 Å². The second-order valence-electron chi connectivity index (χ2n) is 17.3. The van der Waals surface area contributed by atoms with Crippen LogP contribution in [0.15, 0.2) is 97.2 Å². The van der Waals surface area contributed by atoms with E-state index in [1.54, 1.807) is 0 Å². The Labute approximate surface area is 406 Å². The number of hydrogen-bond acceptors (Lipinski definition) is 7. The molecule has 0 aromatic rings. The summed E-state index contributed by atoms with van der Waals surface area (Å²) in [6.45, 7) is 4.69. The number of esters is 1. The number of carbonyl (C=O) groups excluding carboxylic acids is 1. The fourth-order valence-corrected chi connectivity index (χ4v) is 7.92. The number of unbranched alkanes of at least 4 members (excludes halogenated alkanes) is 21. The zero-order chi connectivity index (χ0) is 48.0. The summed E-state index contributed by atoms with van der Waals surface area (Å²) in [6.07, 6.45) is 71.6. The molecule has 0 aromatic heterocycles. The Morgan fingerprint density at radius 3 is 1.20 bits per heavy atom. The monoisotopic (exact) mass is 942 g/mol. The van der Waals surface area contributed by atoms with Crippen LogP contribution in [-0.4, -0.2) is 49.9 Å². The minimum Gasteiger partial charge on any atom is -0.457 e. The fraction of sp³-hybridized carbons (Fsp3) is 0.702. The van der Waals surface area contributed by atoms with Crippen LogP contribution in [0.25, 0.3) is 0 Å². The van der Waals surface area contributed by atoms with E-state index in [2.05, 4.69) is 111 Å². The van der Waals surface area contributed by atoms with Crippen LogP contribution in [0.5, 0.6) is 0 Å². The maximum Gasteiger partial charge on any atom is 0.472 e. The molecule has 0 saturated heterocycles. The molecule has 0 aliphatic carbocycles. The molecule has 8 nitrogen and oxygen atoms in total. The highest BCUT2D eigenvalue weighted by atomic mass is 31.2. The molecule has 0 radical (unpaired) electrons. The molecule has 0 aliphatic rings. The Balaban J connectivity index is 3.95. The molecule has 0 heterocycles. The average Bonchev–Trinajstić information content (AvgIpc) is 3.31. The van der Waals surface area contributed by atoms with Crippen molar-refractivity contribution in [2.24, 2.45) is 5.73 Å². The molecule has 66 heavy (non-hydrogen) atoms. The zero-order valence-electron chi connectivity index (χ0n) is 42.4. The van der Waals surface area contributed by atoms with Crippen LogP contribution < -0.4 is 5.73 Å². The third-order valence-corrected chi connectivity index (χ3v) is 12.0. The molecule has 0 bridgehead atoms. The highest BCUT2D eigenvalue weighted by Gasteiger charge is 2.25. The Hall–Kier alpha value is -2.58. The number of allylic oxidation sites excluding steroid dienone is 16. The summed E-state index contributed by atoms with van der Waals surface area (Å²) >= 11 is 0. The summed E-state index contributed by atoms with van der Waals surface area (Å²) in [5.74, 6) is -0.337. The highest BCUT2D eigenvalue weighted by molar-refractivity contribution is 7.47. The van der Waals surface area contributed by atoms with Crippen molar-refractivity contribution in [1.29, 1.82) is 0 Å². The van der Waals surface area contributed by atoms with Crippen LogP contribution in [0.2, 0.25) is 0 Å². The molecule has 380 valence electrons. The first-order chi connectivity index (χ1) is 32.4. The topological polar surface area (TPSA) is 117 Å². The Morgan fingerprint density at radius 2 is 0.803 bits per heavy atom. The lowest BCUT2D eigenvalue weighted by atomic mass is 10.0. The fourth-order valence-electron chi connectivity index (χ4n) is 7.16. The van der Waals surface area contributed by atoms with E-state index in [1.165, 1.54) is 116 Å². The second kappa shape index (κ2) is 53.4. The van der Waals surface area contributed by atoms with E-state index >= 15 is 0 Å². The molecule has 0 aliphatic heterocycles. The maximum atomic E-state index is 12.7. The Morgan fingerprint density at radius 1 is 0.455 bits per heavy atom. The number of hydrogen-bond donors (Lipinski definition) is 2. The molecule has 2 atom stereocenters. The SMILES string of the molecule is CC/C=C\C/C=C\C/C=C\C/C=C\CCCCCCCCCCCCCCC(=O)OC(COCCCCCCCCCCC/C=C\C/C=C\C/C=C\C/C=C\CC)COP(=O)(O)OCCN. The van der Waals surface area contributed by atoms with Gasteiger partial charge in [-0.05, 0) is 89.9 Å². The number of nitrogens with two attached hydrogens (primary N) is 1. The maximum absolute atomic E-state index is 12.7. The van der Waals surface area contributed by atoms with Gasteiger partial charge in [0.15, 0.2) is 0 Å². The molecule has 0 rings (SSSR count). The van der Waals surface area contributed by atoms with Gasteiger partial charge in [-0.1, -0.05) is 220 Å². The second-order valence-corrected chi connectivity index (χ2v) is 18.8. The molecule has 0 spiro atoms. The number of phosphoric ester groups is 1. The van der Waals surface area contributed by atoms with Gasteiger partial charge in [-0.3, -0.25) is 13.8 Å². The van der Waals surface area contributed by atoms with Crippen LogP contribution in [0, 0.1) is 0 Å². The van der Waals surface area contributed by atoms with E-state index in [4.69, 9.17) is 24.3 Å². The number of rotatable bonds is 50. The quantitative estimate of drug-likeness (QED) is 0.0268. The van der Waals surface area contributed by atoms with Gasteiger partial charge in [-0.2, -0.15) is 0 Å². The third-order valence-electron chi connectivity index (χ3n) is 11.0. The van der Waals surface area contributed by atoms with Gasteiger partial charge in [0, 0.05) is 19.6 Å². The van der Waals surface area contributed by atoms with E-state index in [0.29, 0.717) is 13.0 Å². The van der Waals surface area contributed by atoms with Crippen molar-refractivity contribution in [3.63, 3.8) is 0 Å². The minimum absolute atomic E-state index is 0.0945. The van der Waals surface area contributed by atoms with Crippen molar-refractivity contribution in [2.75, 3.05) is 33.0 Å². The van der Waals surface area contributed by atoms with Crippen molar-refractivity contribution in [3.05, 3.63) is 97.2 Å². The van der Waals surface area contributed by atoms with Gasteiger partial charge in [0.05, 0.1) is 19.8 Å². The van der Waals surface area contributed by atoms with Gasteiger partial charge >= 0.3 is 13.8 Å². The summed E-state index contributed by atoms with van der Waals surface area (Å²) < 4.78 is 33.6. The number of ether oxygens (including phenoxy) is 2. The van der Waals surface area contributed by atoms with Crippen molar-refractivity contribution in [1.82, 2.24) is 0 Å². The van der Waals surface area contributed by atoms with Crippen LogP contribution >= 0.6 is 7.82 Å². The standard InChI is InChI=1S/C57H100NO7P/c1-3-5-7-9-11-13-15-17-19-21-23-25-27-28-29-30-32-34-36-38-40-42-44-46-48-50-57(59)65-56(55-64-66(60,61)63-53-51-58)54-62-52-49-47-45-43-41-39-37-35-33-31-26-24-22-20-18-16-14-12-10-8-6-4-2/h5-8,11-14,17-20,23-26,56H,3-4,9-10,15-16,21-22,27-55,58H2,1-2H3,(H,60,61)/b7-5-,8-6-,13-11-,14-12-,19-17-,20-18-,25-23-,26-24-. The Bertz CT molecular complexity index is 1330. The van der Waals surface area contributed by atoms with Gasteiger partial charge < -0.3 is 20.1 Å². The molecule has 0 aromatic carbocycles. The molecule has 3 N–H and O–H groups in total. The van der Waals surface area contributed by atoms with Gasteiger partial charge in [0.1, 0.15) is 6.10 Å². The van der Waals surface area contributed by atoms with E-state index in [9.17, 15) is 14.3 Å². The van der Waals surface area contributed by atoms with E-state index in [0.717, 1.165) is 83.5 Å². The summed E-state index contributed by atoms with van der Waals surface area (Å²) in [5.41, 5.74) is 5.40. The lowest BCUT2D eigenvalue weighted by Crippen LogP contribution is -2.28. The average molecular weight is 942 g/mol. The zero-order valence-corrected chi connectivity index (χ0v) is 43.3. The largest absolute Gasteiger partial charge is 0.472 e.